The van der Waals surface area contributed by atoms with E-state index in [4.69, 9.17) is 4.74 Å². The Morgan fingerprint density at radius 2 is 1.94 bits per heavy atom. The zero-order chi connectivity index (χ0) is 13.9. The van der Waals surface area contributed by atoms with Crippen LogP contribution in [0.4, 0.5) is 0 Å². The number of esters is 1. The van der Waals surface area contributed by atoms with E-state index >= 15 is 0 Å². The predicted octanol–water partition coefficient (Wildman–Crippen LogP) is 0.523. The summed E-state index contributed by atoms with van der Waals surface area (Å²) in [6.07, 6.45) is -0.601. The van der Waals surface area contributed by atoms with Gasteiger partial charge in [-0.3, -0.25) is 9.59 Å². The summed E-state index contributed by atoms with van der Waals surface area (Å²) >= 11 is 0. The number of Topliss-reactive ketones (excluding diaryl/α,β-unsaturated/α-hetero) is 1. The second kappa shape index (κ2) is 6.29. The number of aliphatic hydroxyl groups excluding tert-OH is 2. The molecule has 1 rings (SSSR count). The number of carbonyl (C=O) groups is 2. The third-order valence-corrected chi connectivity index (χ3v) is 3.62. The van der Waals surface area contributed by atoms with Gasteiger partial charge in [0.15, 0.2) is 5.78 Å². The summed E-state index contributed by atoms with van der Waals surface area (Å²) in [4.78, 5) is 22.0. The molecule has 18 heavy (non-hydrogen) atoms. The van der Waals surface area contributed by atoms with Gasteiger partial charge in [-0.2, -0.15) is 0 Å². The minimum Gasteiger partial charge on any atom is -0.465 e. The van der Waals surface area contributed by atoms with Gasteiger partial charge < -0.3 is 14.9 Å². The maximum atomic E-state index is 11.2. The van der Waals surface area contributed by atoms with Crippen molar-refractivity contribution in [2.45, 2.75) is 45.8 Å². The molecule has 0 radical (unpaired) electrons. The van der Waals surface area contributed by atoms with Crippen LogP contribution >= 0.6 is 0 Å². The topological polar surface area (TPSA) is 83.8 Å². The Morgan fingerprint density at radius 3 is 2.44 bits per heavy atom. The number of ether oxygens (including phenoxy) is 1. The molecule has 2 N–H and O–H groups in total. The van der Waals surface area contributed by atoms with Gasteiger partial charge in [0.1, 0.15) is 6.10 Å². The number of rotatable bonds is 4. The lowest BCUT2D eigenvalue weighted by Crippen LogP contribution is -2.46. The van der Waals surface area contributed by atoms with E-state index in [-0.39, 0.29) is 30.2 Å². The molecule has 5 heteroatoms. The van der Waals surface area contributed by atoms with Crippen LogP contribution < -0.4 is 0 Å². The molecule has 1 saturated carbocycles. The summed E-state index contributed by atoms with van der Waals surface area (Å²) in [5, 5.41) is 20.0. The fourth-order valence-corrected chi connectivity index (χ4v) is 2.71. The van der Waals surface area contributed by atoms with E-state index in [0.29, 0.717) is 6.42 Å². The minimum absolute atomic E-state index is 0.141. The van der Waals surface area contributed by atoms with Crippen molar-refractivity contribution in [1.82, 2.24) is 0 Å². The van der Waals surface area contributed by atoms with E-state index in [2.05, 4.69) is 0 Å². The Kier molecular flexibility index (Phi) is 5.28. The summed E-state index contributed by atoms with van der Waals surface area (Å²) in [6, 6.07) is 0. The Labute approximate surface area is 107 Å². The Morgan fingerprint density at radius 1 is 1.33 bits per heavy atom. The molecule has 0 heterocycles. The van der Waals surface area contributed by atoms with Crippen molar-refractivity contribution in [3.05, 3.63) is 0 Å². The number of hydrogen-bond acceptors (Lipinski definition) is 5. The van der Waals surface area contributed by atoms with Crippen molar-refractivity contribution in [2.75, 3.05) is 6.61 Å². The average Bonchev–Trinajstić information content (AvgIpc) is 2.28. The maximum Gasteiger partial charge on any atom is 0.302 e. The first-order valence-corrected chi connectivity index (χ1v) is 6.32. The highest BCUT2D eigenvalue weighted by atomic mass is 16.5. The van der Waals surface area contributed by atoms with Crippen LogP contribution in [0.2, 0.25) is 0 Å². The standard InChI is InChI=1S/C13H22O5/c1-7-4-10(6-18-9(3)15)13(17)11(5-7)12(16)8(2)14/h7,10-13,16-17H,4-6H2,1-3H3. The highest BCUT2D eigenvalue weighted by Gasteiger charge is 2.40. The highest BCUT2D eigenvalue weighted by Crippen LogP contribution is 2.35. The van der Waals surface area contributed by atoms with Gasteiger partial charge in [0.25, 0.3) is 0 Å². The van der Waals surface area contributed by atoms with E-state index in [0.717, 1.165) is 6.42 Å². The fraction of sp³-hybridized carbons (Fsp3) is 0.846. The Balaban J connectivity index is 2.69. The molecule has 1 aliphatic carbocycles. The van der Waals surface area contributed by atoms with Crippen molar-refractivity contribution >= 4 is 11.8 Å². The van der Waals surface area contributed by atoms with Crippen molar-refractivity contribution < 1.29 is 24.5 Å². The molecule has 1 aliphatic rings. The van der Waals surface area contributed by atoms with Crippen LogP contribution in [0.3, 0.4) is 0 Å². The number of aliphatic hydroxyl groups is 2. The highest BCUT2D eigenvalue weighted by molar-refractivity contribution is 5.80. The summed E-state index contributed by atoms with van der Waals surface area (Å²) < 4.78 is 4.92. The molecular formula is C13H22O5. The van der Waals surface area contributed by atoms with E-state index in [1.165, 1.54) is 13.8 Å². The number of ketones is 1. The van der Waals surface area contributed by atoms with Crippen LogP contribution in [0.25, 0.3) is 0 Å². The second-order valence-corrected chi connectivity index (χ2v) is 5.35. The van der Waals surface area contributed by atoms with Gasteiger partial charge in [0.2, 0.25) is 0 Å². The molecule has 0 spiro atoms. The van der Waals surface area contributed by atoms with Gasteiger partial charge in [0, 0.05) is 18.8 Å². The first kappa shape index (κ1) is 15.1. The van der Waals surface area contributed by atoms with Crippen LogP contribution in [0, 0.1) is 17.8 Å². The lowest BCUT2D eigenvalue weighted by atomic mass is 9.71. The van der Waals surface area contributed by atoms with Gasteiger partial charge in [-0.25, -0.2) is 0 Å². The molecule has 0 aromatic heterocycles. The molecule has 1 fully saturated rings. The average molecular weight is 258 g/mol. The van der Waals surface area contributed by atoms with Crippen molar-refractivity contribution in [3.8, 4) is 0 Å². The zero-order valence-electron chi connectivity index (χ0n) is 11.1. The minimum atomic E-state index is -1.14. The lowest BCUT2D eigenvalue weighted by Gasteiger charge is -2.39. The second-order valence-electron chi connectivity index (χ2n) is 5.35. The van der Waals surface area contributed by atoms with Crippen LogP contribution in [0.5, 0.6) is 0 Å². The summed E-state index contributed by atoms with van der Waals surface area (Å²) in [5.74, 6) is -1.11. The molecule has 104 valence electrons. The monoisotopic (exact) mass is 258 g/mol. The lowest BCUT2D eigenvalue weighted by molar-refractivity contribution is -0.149. The molecule has 0 amide bonds. The van der Waals surface area contributed by atoms with E-state index in [9.17, 15) is 19.8 Å². The Bertz CT molecular complexity index is 315. The predicted molar refractivity (Wildman–Crippen MR) is 64.7 cm³/mol. The summed E-state index contributed by atoms with van der Waals surface area (Å²) in [6.45, 7) is 4.78. The molecular weight excluding hydrogens is 236 g/mol. The van der Waals surface area contributed by atoms with Crippen LogP contribution in [0.1, 0.15) is 33.6 Å². The van der Waals surface area contributed by atoms with Crippen LogP contribution in [0.15, 0.2) is 0 Å². The fourth-order valence-electron chi connectivity index (χ4n) is 2.71. The molecule has 0 aromatic rings. The van der Waals surface area contributed by atoms with Crippen molar-refractivity contribution in [1.29, 1.82) is 0 Å². The molecule has 5 atom stereocenters. The quantitative estimate of drug-likeness (QED) is 0.718. The first-order chi connectivity index (χ1) is 8.32. The van der Waals surface area contributed by atoms with Gasteiger partial charge in [-0.15, -0.1) is 0 Å². The maximum absolute atomic E-state index is 11.2. The molecule has 0 aromatic carbocycles. The van der Waals surface area contributed by atoms with Gasteiger partial charge in [-0.05, 0) is 25.7 Å². The first-order valence-electron chi connectivity index (χ1n) is 6.32. The van der Waals surface area contributed by atoms with Crippen molar-refractivity contribution in [3.63, 3.8) is 0 Å². The number of carbonyl (C=O) groups excluding carboxylic acids is 2. The van der Waals surface area contributed by atoms with Gasteiger partial charge in [-0.1, -0.05) is 6.92 Å². The molecule has 0 saturated heterocycles. The molecule has 5 nitrogen and oxygen atoms in total. The summed E-state index contributed by atoms with van der Waals surface area (Å²) in [7, 11) is 0. The van der Waals surface area contributed by atoms with Gasteiger partial charge in [0.05, 0.1) is 12.7 Å². The molecule has 5 unspecified atom stereocenters. The van der Waals surface area contributed by atoms with E-state index in [1.54, 1.807) is 0 Å². The van der Waals surface area contributed by atoms with E-state index in [1.807, 2.05) is 6.92 Å². The van der Waals surface area contributed by atoms with Gasteiger partial charge >= 0.3 is 5.97 Å². The van der Waals surface area contributed by atoms with Crippen molar-refractivity contribution in [2.24, 2.45) is 17.8 Å². The Hall–Kier alpha value is -0.940. The molecule has 0 aliphatic heterocycles. The zero-order valence-corrected chi connectivity index (χ0v) is 11.1. The van der Waals surface area contributed by atoms with Crippen LogP contribution in [-0.2, 0) is 14.3 Å². The third-order valence-electron chi connectivity index (χ3n) is 3.62. The number of hydrogen-bond donors (Lipinski definition) is 2. The summed E-state index contributed by atoms with van der Waals surface area (Å²) in [5.41, 5.74) is 0. The largest absolute Gasteiger partial charge is 0.465 e. The molecule has 0 bridgehead atoms. The smallest absolute Gasteiger partial charge is 0.302 e. The third kappa shape index (κ3) is 3.78. The SMILES string of the molecule is CC(=O)OCC1CC(C)CC(C(O)C(C)=O)C1O. The normalized spacial score (nSPS) is 33.8. The van der Waals surface area contributed by atoms with Crippen LogP contribution in [-0.4, -0.2) is 40.8 Å². The van der Waals surface area contributed by atoms with E-state index < -0.39 is 18.1 Å².